The molecule has 0 spiro atoms. The highest BCUT2D eigenvalue weighted by Gasteiger charge is 2.61. The second-order valence-corrected chi connectivity index (χ2v) is 3.90. The quantitative estimate of drug-likeness (QED) is 0.482. The molecule has 0 bridgehead atoms. The van der Waals surface area contributed by atoms with E-state index in [1.54, 1.807) is 6.08 Å². The lowest BCUT2D eigenvalue weighted by Crippen LogP contribution is -2.45. The van der Waals surface area contributed by atoms with Crippen LogP contribution >= 0.6 is 0 Å². The summed E-state index contributed by atoms with van der Waals surface area (Å²) in [6, 6.07) is -0.246. The molecule has 1 N–H and O–H groups in total. The Morgan fingerprint density at radius 3 is 2.94 bits per heavy atom. The first kappa shape index (κ1) is 11.9. The molecule has 0 radical (unpaired) electrons. The van der Waals surface area contributed by atoms with Crippen LogP contribution in [0.3, 0.4) is 0 Å². The van der Waals surface area contributed by atoms with Gasteiger partial charge in [0.15, 0.2) is 0 Å². The minimum atomic E-state index is -0.768. The molecule has 2 aliphatic rings. The van der Waals surface area contributed by atoms with Crippen LogP contribution in [0.1, 0.15) is 0 Å². The molecule has 5 atom stereocenters. The van der Waals surface area contributed by atoms with E-state index in [1.165, 1.54) is 7.11 Å². The largest absolute Gasteiger partial charge is 0.394 e. The van der Waals surface area contributed by atoms with Crippen molar-refractivity contribution in [3.8, 4) is 0 Å². The number of hydrogen-bond donors (Lipinski definition) is 1. The van der Waals surface area contributed by atoms with Gasteiger partial charge in [0, 0.05) is 7.11 Å². The van der Waals surface area contributed by atoms with Crippen LogP contribution in [0.4, 0.5) is 0 Å². The molecule has 0 amide bonds. The number of aliphatic hydroxyl groups is 1. The van der Waals surface area contributed by atoms with Crippen molar-refractivity contribution >= 4 is 7.85 Å². The molecule has 2 saturated heterocycles. The fraction of sp³-hybridized carbons (Fsp3) is 0.700. The van der Waals surface area contributed by atoms with Gasteiger partial charge in [-0.2, -0.15) is 0 Å². The lowest BCUT2D eigenvalue weighted by Gasteiger charge is -2.24. The summed E-state index contributed by atoms with van der Waals surface area (Å²) < 4.78 is 21.8. The van der Waals surface area contributed by atoms with Gasteiger partial charge in [-0.05, 0) is 6.08 Å². The van der Waals surface area contributed by atoms with Crippen LogP contribution in [0.25, 0.3) is 0 Å². The van der Waals surface area contributed by atoms with Gasteiger partial charge < -0.3 is 24.1 Å². The van der Waals surface area contributed by atoms with Gasteiger partial charge in [-0.1, -0.05) is 6.58 Å². The summed E-state index contributed by atoms with van der Waals surface area (Å²) in [5.41, 5.74) is 1.93. The van der Waals surface area contributed by atoms with Gasteiger partial charge in [0.2, 0.25) is 0 Å². The van der Waals surface area contributed by atoms with E-state index < -0.39 is 24.3 Å². The van der Waals surface area contributed by atoms with E-state index in [1.807, 2.05) is 7.85 Å². The molecule has 0 aromatic heterocycles. The molecule has 6 heteroatoms. The van der Waals surface area contributed by atoms with Crippen molar-refractivity contribution < 1.29 is 24.1 Å². The predicted molar refractivity (Wildman–Crippen MR) is 57.5 cm³/mol. The van der Waals surface area contributed by atoms with E-state index in [9.17, 15) is 5.11 Å². The van der Waals surface area contributed by atoms with Crippen molar-refractivity contribution in [1.82, 2.24) is 0 Å². The van der Waals surface area contributed by atoms with E-state index >= 15 is 0 Å². The number of hydrogen-bond acceptors (Lipinski definition) is 5. The third-order valence-electron chi connectivity index (χ3n) is 3.05. The topological polar surface area (TPSA) is 57.2 Å². The fourth-order valence-electron chi connectivity index (χ4n) is 2.27. The molecule has 0 aromatic rings. The minimum absolute atomic E-state index is 0.123. The molecule has 2 rings (SSSR count). The molecular formula is C10H15BO5. The Balaban J connectivity index is 2.31. The highest BCUT2D eigenvalue weighted by Crippen LogP contribution is 2.42. The standard InChI is InChI=1S/C10H15BO5/c1-3-4-10-7(15-9(13-2)16-10)6(5-12)14-8(10)11/h4,6-9,12H,1,5,11H2,2H3/t6-,7+,8-,9?,10?/m1/s1. The normalized spacial score (nSPS) is 46.4. The zero-order chi connectivity index (χ0) is 11.8. The van der Waals surface area contributed by atoms with Gasteiger partial charge in [-0.3, -0.25) is 0 Å². The summed E-state index contributed by atoms with van der Waals surface area (Å²) in [7, 11) is 3.36. The summed E-state index contributed by atoms with van der Waals surface area (Å²) in [4.78, 5) is 0. The fourth-order valence-corrected chi connectivity index (χ4v) is 2.27. The SMILES string of the molecule is B[C@@H]1O[C@H](CO)[C@@H]2OC(OC)OC12C=C=C. The first-order chi connectivity index (χ1) is 7.67. The number of methoxy groups -OCH3 is 1. The van der Waals surface area contributed by atoms with Crippen molar-refractivity contribution in [2.75, 3.05) is 13.7 Å². The Labute approximate surface area is 95.0 Å². The Hall–Kier alpha value is -0.615. The van der Waals surface area contributed by atoms with Gasteiger partial charge in [-0.25, -0.2) is 0 Å². The van der Waals surface area contributed by atoms with E-state index in [2.05, 4.69) is 12.3 Å². The molecule has 2 aliphatic heterocycles. The van der Waals surface area contributed by atoms with Crippen molar-refractivity contribution in [2.24, 2.45) is 0 Å². The molecule has 0 aliphatic carbocycles. The summed E-state index contributed by atoms with van der Waals surface area (Å²) in [5.74, 6) is 0. The monoisotopic (exact) mass is 226 g/mol. The second kappa shape index (κ2) is 4.33. The van der Waals surface area contributed by atoms with Crippen molar-refractivity contribution in [3.63, 3.8) is 0 Å². The Kier molecular flexibility index (Phi) is 3.21. The Bertz CT molecular complexity index is 316. The first-order valence-electron chi connectivity index (χ1n) is 5.17. The Morgan fingerprint density at radius 2 is 2.38 bits per heavy atom. The van der Waals surface area contributed by atoms with Crippen molar-refractivity contribution in [3.05, 3.63) is 18.4 Å². The van der Waals surface area contributed by atoms with Crippen LogP contribution in [0.15, 0.2) is 18.4 Å². The maximum atomic E-state index is 9.22. The Morgan fingerprint density at radius 1 is 1.62 bits per heavy atom. The maximum Gasteiger partial charge on any atom is 0.272 e. The van der Waals surface area contributed by atoms with Crippen LogP contribution in [0, 0.1) is 0 Å². The lowest BCUT2D eigenvalue weighted by atomic mass is 9.80. The summed E-state index contributed by atoms with van der Waals surface area (Å²) in [6.45, 7) is 2.68. The summed E-state index contributed by atoms with van der Waals surface area (Å²) in [5, 5.41) is 9.22. The molecule has 2 fully saturated rings. The highest BCUT2D eigenvalue weighted by atomic mass is 16.9. The molecule has 88 valence electrons. The van der Waals surface area contributed by atoms with E-state index in [0.29, 0.717) is 0 Å². The number of ether oxygens (including phenoxy) is 4. The van der Waals surface area contributed by atoms with Gasteiger partial charge in [0.25, 0.3) is 6.48 Å². The minimum Gasteiger partial charge on any atom is -0.394 e. The molecule has 2 heterocycles. The maximum absolute atomic E-state index is 9.22. The second-order valence-electron chi connectivity index (χ2n) is 3.90. The van der Waals surface area contributed by atoms with Crippen LogP contribution in [0.5, 0.6) is 0 Å². The van der Waals surface area contributed by atoms with Crippen LogP contribution in [-0.4, -0.2) is 57.0 Å². The van der Waals surface area contributed by atoms with Crippen molar-refractivity contribution in [1.29, 1.82) is 0 Å². The number of aliphatic hydroxyl groups excluding tert-OH is 1. The van der Waals surface area contributed by atoms with E-state index in [0.717, 1.165) is 0 Å². The smallest absolute Gasteiger partial charge is 0.272 e. The molecule has 16 heavy (non-hydrogen) atoms. The summed E-state index contributed by atoms with van der Waals surface area (Å²) in [6.07, 6.45) is 0.864. The molecule has 0 saturated carbocycles. The van der Waals surface area contributed by atoms with Crippen molar-refractivity contribution in [2.45, 2.75) is 30.3 Å². The molecule has 0 aromatic carbocycles. The highest BCUT2D eigenvalue weighted by molar-refractivity contribution is 6.12. The third kappa shape index (κ3) is 1.55. The van der Waals surface area contributed by atoms with Gasteiger partial charge in [0.1, 0.15) is 25.7 Å². The predicted octanol–water partition coefficient (Wildman–Crippen LogP) is -1.24. The summed E-state index contributed by atoms with van der Waals surface area (Å²) >= 11 is 0. The van der Waals surface area contributed by atoms with Crippen LogP contribution in [-0.2, 0) is 18.9 Å². The third-order valence-corrected chi connectivity index (χ3v) is 3.05. The van der Waals surface area contributed by atoms with Gasteiger partial charge in [-0.15, -0.1) is 5.73 Å². The zero-order valence-corrected chi connectivity index (χ0v) is 9.38. The number of rotatable bonds is 3. The van der Waals surface area contributed by atoms with Crippen LogP contribution in [0.2, 0.25) is 0 Å². The molecule has 2 unspecified atom stereocenters. The zero-order valence-electron chi connectivity index (χ0n) is 9.38. The molecule has 5 nitrogen and oxygen atoms in total. The molecular weight excluding hydrogens is 211 g/mol. The van der Waals surface area contributed by atoms with E-state index in [4.69, 9.17) is 18.9 Å². The number of fused-ring (bicyclic) bond motifs is 1. The van der Waals surface area contributed by atoms with Gasteiger partial charge >= 0.3 is 0 Å². The lowest BCUT2D eigenvalue weighted by molar-refractivity contribution is -0.254. The van der Waals surface area contributed by atoms with Gasteiger partial charge in [0.05, 0.1) is 12.6 Å². The average molecular weight is 226 g/mol. The van der Waals surface area contributed by atoms with E-state index in [-0.39, 0.29) is 12.6 Å². The first-order valence-corrected chi connectivity index (χ1v) is 5.17. The van der Waals surface area contributed by atoms with Crippen LogP contribution < -0.4 is 0 Å². The average Bonchev–Trinajstić information content (AvgIpc) is 2.76.